The van der Waals surface area contributed by atoms with Crippen molar-refractivity contribution in [2.45, 2.75) is 6.92 Å². The minimum atomic E-state index is -0.392. The van der Waals surface area contributed by atoms with Gasteiger partial charge in [0.2, 0.25) is 0 Å². The van der Waals surface area contributed by atoms with Gasteiger partial charge in [0, 0.05) is 35.4 Å². The average Bonchev–Trinajstić information content (AvgIpc) is 2.85. The molecule has 1 N–H and O–H groups in total. The van der Waals surface area contributed by atoms with Crippen molar-refractivity contribution < 1.29 is 18.7 Å². The van der Waals surface area contributed by atoms with E-state index in [9.17, 15) is 9.59 Å². The van der Waals surface area contributed by atoms with Gasteiger partial charge >= 0.3 is 5.63 Å². The van der Waals surface area contributed by atoms with E-state index in [1.165, 1.54) is 0 Å². The van der Waals surface area contributed by atoms with Crippen LogP contribution in [0.5, 0.6) is 5.75 Å². The van der Waals surface area contributed by atoms with Crippen LogP contribution in [0.2, 0.25) is 0 Å². The number of amides is 1. The maximum absolute atomic E-state index is 12.4. The molecule has 0 saturated carbocycles. The zero-order valence-electron chi connectivity index (χ0n) is 18.3. The normalized spacial score (nSPS) is 13.9. The quantitative estimate of drug-likeness (QED) is 0.369. The van der Waals surface area contributed by atoms with Crippen LogP contribution in [0, 0.1) is 6.92 Å². The van der Waals surface area contributed by atoms with Crippen LogP contribution in [0.1, 0.15) is 5.56 Å². The van der Waals surface area contributed by atoms with Gasteiger partial charge in [-0.25, -0.2) is 4.79 Å². The molecule has 1 saturated heterocycles. The van der Waals surface area contributed by atoms with Crippen LogP contribution in [-0.2, 0) is 9.53 Å². The first-order chi connectivity index (χ1) is 16.1. The van der Waals surface area contributed by atoms with Crippen LogP contribution in [0.4, 0.5) is 11.4 Å². The van der Waals surface area contributed by atoms with Gasteiger partial charge in [0.15, 0.2) is 6.61 Å². The maximum atomic E-state index is 12.4. The molecule has 1 aliphatic rings. The summed E-state index contributed by atoms with van der Waals surface area (Å²) >= 11 is 0. The van der Waals surface area contributed by atoms with Gasteiger partial charge < -0.3 is 24.1 Å². The van der Waals surface area contributed by atoms with E-state index >= 15 is 0 Å². The Morgan fingerprint density at radius 3 is 2.45 bits per heavy atom. The highest BCUT2D eigenvalue weighted by molar-refractivity contribution is 6.05. The molecule has 1 fully saturated rings. The van der Waals surface area contributed by atoms with E-state index in [0.717, 1.165) is 42.8 Å². The van der Waals surface area contributed by atoms with E-state index < -0.39 is 5.63 Å². The highest BCUT2D eigenvalue weighted by Crippen LogP contribution is 2.30. The Kier molecular flexibility index (Phi) is 5.71. The summed E-state index contributed by atoms with van der Waals surface area (Å²) in [6, 6.07) is 18.7. The van der Waals surface area contributed by atoms with Crippen molar-refractivity contribution in [2.24, 2.45) is 0 Å². The third-order valence-corrected chi connectivity index (χ3v) is 5.87. The van der Waals surface area contributed by atoms with Crippen LogP contribution >= 0.6 is 0 Å². The third kappa shape index (κ3) is 4.27. The number of carbonyl (C=O) groups excluding carboxylic acids is 1. The lowest BCUT2D eigenvalue weighted by atomic mass is 10.0. The summed E-state index contributed by atoms with van der Waals surface area (Å²) < 4.78 is 16.7. The summed E-state index contributed by atoms with van der Waals surface area (Å²) in [5.74, 6) is 0.229. The van der Waals surface area contributed by atoms with E-state index in [-0.39, 0.29) is 12.5 Å². The van der Waals surface area contributed by atoms with Gasteiger partial charge in [0.25, 0.3) is 5.91 Å². The highest BCUT2D eigenvalue weighted by atomic mass is 16.5. The van der Waals surface area contributed by atoms with Crippen molar-refractivity contribution in [3.05, 3.63) is 76.6 Å². The zero-order valence-corrected chi connectivity index (χ0v) is 18.3. The van der Waals surface area contributed by atoms with Gasteiger partial charge in [-0.05, 0) is 54.8 Å². The lowest BCUT2D eigenvalue weighted by Crippen LogP contribution is -2.36. The fourth-order valence-electron chi connectivity index (χ4n) is 4.13. The van der Waals surface area contributed by atoms with Crippen LogP contribution in [0.3, 0.4) is 0 Å². The first kappa shape index (κ1) is 21.0. The van der Waals surface area contributed by atoms with Crippen LogP contribution in [0.25, 0.3) is 21.7 Å². The van der Waals surface area contributed by atoms with Crippen molar-refractivity contribution in [3.8, 4) is 5.75 Å². The molecule has 7 nitrogen and oxygen atoms in total. The minimum Gasteiger partial charge on any atom is -0.483 e. The number of carbonyl (C=O) groups is 1. The van der Waals surface area contributed by atoms with Gasteiger partial charge in [-0.3, -0.25) is 4.79 Å². The Morgan fingerprint density at radius 1 is 0.970 bits per heavy atom. The second-order valence-electron chi connectivity index (χ2n) is 7.98. The molecule has 0 radical (unpaired) electrons. The van der Waals surface area contributed by atoms with E-state index in [2.05, 4.69) is 10.2 Å². The molecular formula is C26H24N2O5. The number of fused-ring (bicyclic) bond motifs is 3. The standard InChI is InChI=1S/C26H24N2O5/c1-17-23(11-10-21-20-4-2-3-5-22(20)26(30)33-25(17)21)32-16-24(29)27-18-6-8-19(9-7-18)28-12-14-31-15-13-28/h2-11H,12-16H2,1H3,(H,27,29). The molecular weight excluding hydrogens is 420 g/mol. The number of nitrogens with zero attached hydrogens (tertiary/aromatic N) is 1. The lowest BCUT2D eigenvalue weighted by molar-refractivity contribution is -0.118. The monoisotopic (exact) mass is 444 g/mol. The van der Waals surface area contributed by atoms with E-state index in [0.29, 0.717) is 28.0 Å². The molecule has 3 aromatic carbocycles. The van der Waals surface area contributed by atoms with Crippen molar-refractivity contribution in [3.63, 3.8) is 0 Å². The maximum Gasteiger partial charge on any atom is 0.344 e. The SMILES string of the molecule is Cc1c(OCC(=O)Nc2ccc(N3CCOCC3)cc2)ccc2c1oc(=O)c1ccccc12. The summed E-state index contributed by atoms with van der Waals surface area (Å²) in [6.07, 6.45) is 0. The molecule has 33 heavy (non-hydrogen) atoms. The molecule has 0 aliphatic carbocycles. The van der Waals surface area contributed by atoms with Gasteiger partial charge in [0.1, 0.15) is 11.3 Å². The van der Waals surface area contributed by atoms with Crippen molar-refractivity contribution >= 4 is 39.0 Å². The van der Waals surface area contributed by atoms with Crippen molar-refractivity contribution in [1.29, 1.82) is 0 Å². The number of benzene rings is 3. The Morgan fingerprint density at radius 2 is 1.70 bits per heavy atom. The van der Waals surface area contributed by atoms with E-state index in [4.69, 9.17) is 13.9 Å². The molecule has 7 heteroatoms. The second kappa shape index (κ2) is 8.96. The molecule has 168 valence electrons. The first-order valence-electron chi connectivity index (χ1n) is 10.9. The predicted octanol–water partition coefficient (Wildman–Crippen LogP) is 4.11. The third-order valence-electron chi connectivity index (χ3n) is 5.87. The lowest BCUT2D eigenvalue weighted by Gasteiger charge is -2.28. The Hall–Kier alpha value is -3.84. The predicted molar refractivity (Wildman–Crippen MR) is 128 cm³/mol. The van der Waals surface area contributed by atoms with Gasteiger partial charge in [-0.2, -0.15) is 0 Å². The number of nitrogens with one attached hydrogen (secondary N) is 1. The number of ether oxygens (including phenoxy) is 2. The number of rotatable bonds is 5. The average molecular weight is 444 g/mol. The Bertz CT molecular complexity index is 1370. The summed E-state index contributed by atoms with van der Waals surface area (Å²) in [4.78, 5) is 27.1. The number of morpholine rings is 1. The molecule has 1 aromatic heterocycles. The summed E-state index contributed by atoms with van der Waals surface area (Å²) in [6.45, 7) is 4.83. The second-order valence-corrected chi connectivity index (χ2v) is 7.98. The summed E-state index contributed by atoms with van der Waals surface area (Å²) in [5.41, 5.74) is 2.56. The number of anilines is 2. The van der Waals surface area contributed by atoms with Crippen LogP contribution < -0.4 is 20.6 Å². The van der Waals surface area contributed by atoms with E-state index in [1.807, 2.05) is 55.5 Å². The molecule has 0 atom stereocenters. The molecule has 2 heterocycles. The van der Waals surface area contributed by atoms with Crippen LogP contribution in [0.15, 0.2) is 69.9 Å². The number of aryl methyl sites for hydroxylation is 1. The fraction of sp³-hybridized carbons (Fsp3) is 0.231. The van der Waals surface area contributed by atoms with E-state index in [1.54, 1.807) is 12.1 Å². The minimum absolute atomic E-state index is 0.157. The Balaban J connectivity index is 1.27. The highest BCUT2D eigenvalue weighted by Gasteiger charge is 2.14. The fourth-order valence-corrected chi connectivity index (χ4v) is 4.13. The topological polar surface area (TPSA) is 81.0 Å². The van der Waals surface area contributed by atoms with Crippen molar-refractivity contribution in [1.82, 2.24) is 0 Å². The molecule has 0 spiro atoms. The van der Waals surface area contributed by atoms with Gasteiger partial charge in [-0.1, -0.05) is 18.2 Å². The van der Waals surface area contributed by atoms with Gasteiger partial charge in [0.05, 0.1) is 18.6 Å². The summed E-state index contributed by atoms with van der Waals surface area (Å²) in [7, 11) is 0. The number of hydrogen-bond donors (Lipinski definition) is 1. The smallest absolute Gasteiger partial charge is 0.344 e. The molecule has 1 aliphatic heterocycles. The largest absolute Gasteiger partial charge is 0.483 e. The zero-order chi connectivity index (χ0) is 22.8. The van der Waals surface area contributed by atoms with Crippen LogP contribution in [-0.4, -0.2) is 38.8 Å². The molecule has 5 rings (SSSR count). The summed E-state index contributed by atoms with van der Waals surface area (Å²) in [5, 5.41) is 5.05. The number of hydrogen-bond acceptors (Lipinski definition) is 6. The van der Waals surface area contributed by atoms with Crippen molar-refractivity contribution in [2.75, 3.05) is 43.1 Å². The molecule has 0 bridgehead atoms. The molecule has 0 unspecified atom stereocenters. The van der Waals surface area contributed by atoms with Gasteiger partial charge in [-0.15, -0.1) is 0 Å². The molecule has 1 amide bonds. The Labute approximate surface area is 190 Å². The molecule has 4 aromatic rings. The first-order valence-corrected chi connectivity index (χ1v) is 10.9.